The van der Waals surface area contributed by atoms with Crippen molar-refractivity contribution >= 4 is 5.97 Å². The van der Waals surface area contributed by atoms with Gasteiger partial charge in [0.2, 0.25) is 0 Å². The average molecular weight is 298 g/mol. The second kappa shape index (κ2) is 7.12. The maximum Gasteiger partial charge on any atom is 0.311 e. The first kappa shape index (κ1) is 16.1. The molecule has 0 amide bonds. The molecule has 116 valence electrons. The fourth-order valence-corrected chi connectivity index (χ4v) is 2.51. The van der Waals surface area contributed by atoms with Crippen LogP contribution in [0, 0.1) is 13.8 Å². The van der Waals surface area contributed by atoms with Crippen LogP contribution in [-0.2, 0) is 11.2 Å². The molecule has 3 nitrogen and oxygen atoms in total. The zero-order valence-corrected chi connectivity index (χ0v) is 13.3. The lowest BCUT2D eigenvalue weighted by atomic mass is 9.91. The van der Waals surface area contributed by atoms with Crippen LogP contribution in [0.5, 0.6) is 5.75 Å². The van der Waals surface area contributed by atoms with Crippen molar-refractivity contribution in [2.24, 2.45) is 0 Å². The van der Waals surface area contributed by atoms with E-state index >= 15 is 0 Å². The first-order valence-electron chi connectivity index (χ1n) is 7.53. The quantitative estimate of drug-likeness (QED) is 0.873. The highest BCUT2D eigenvalue weighted by molar-refractivity contribution is 5.76. The van der Waals surface area contributed by atoms with Crippen LogP contribution in [0.2, 0.25) is 0 Å². The van der Waals surface area contributed by atoms with Crippen molar-refractivity contribution < 1.29 is 14.6 Å². The minimum atomic E-state index is -0.802. The van der Waals surface area contributed by atoms with Gasteiger partial charge in [-0.2, -0.15) is 0 Å². The van der Waals surface area contributed by atoms with Crippen LogP contribution in [0.15, 0.2) is 42.5 Å². The van der Waals surface area contributed by atoms with E-state index in [2.05, 4.69) is 0 Å². The summed E-state index contributed by atoms with van der Waals surface area (Å²) in [7, 11) is 0. The van der Waals surface area contributed by atoms with Gasteiger partial charge in [-0.1, -0.05) is 42.0 Å². The molecular formula is C19H22O3. The summed E-state index contributed by atoms with van der Waals surface area (Å²) in [5.41, 5.74) is 3.99. The molecule has 0 saturated heterocycles. The standard InChI is InChI=1S/C19H22O3/c1-4-22-18-10-9-16(11-14(18)3)17(19(20)21)12-15-7-5-13(2)6-8-15/h5-11,17H,4,12H2,1-3H3,(H,20,21). The summed E-state index contributed by atoms with van der Waals surface area (Å²) in [6, 6.07) is 13.6. The van der Waals surface area contributed by atoms with Crippen molar-refractivity contribution in [3.8, 4) is 5.75 Å². The predicted octanol–water partition coefficient (Wildman–Crippen LogP) is 4.11. The summed E-state index contributed by atoms with van der Waals surface area (Å²) in [5.74, 6) is -0.535. The Balaban J connectivity index is 2.26. The number of carbonyl (C=O) groups is 1. The van der Waals surface area contributed by atoms with Gasteiger partial charge in [0.1, 0.15) is 5.75 Å². The molecule has 1 atom stereocenters. The van der Waals surface area contributed by atoms with Crippen molar-refractivity contribution in [2.75, 3.05) is 6.61 Å². The van der Waals surface area contributed by atoms with Crippen molar-refractivity contribution in [2.45, 2.75) is 33.1 Å². The number of aryl methyl sites for hydroxylation is 2. The predicted molar refractivity (Wildman–Crippen MR) is 87.6 cm³/mol. The minimum Gasteiger partial charge on any atom is -0.494 e. The number of carboxylic acids is 1. The van der Waals surface area contributed by atoms with Crippen LogP contribution >= 0.6 is 0 Å². The van der Waals surface area contributed by atoms with Crippen LogP contribution in [-0.4, -0.2) is 17.7 Å². The Morgan fingerprint density at radius 2 is 1.82 bits per heavy atom. The van der Waals surface area contributed by atoms with E-state index in [9.17, 15) is 9.90 Å². The molecule has 3 heteroatoms. The molecule has 22 heavy (non-hydrogen) atoms. The topological polar surface area (TPSA) is 46.5 Å². The lowest BCUT2D eigenvalue weighted by molar-refractivity contribution is -0.138. The number of hydrogen-bond acceptors (Lipinski definition) is 2. The summed E-state index contributed by atoms with van der Waals surface area (Å²) in [4.78, 5) is 11.7. The second-order valence-electron chi connectivity index (χ2n) is 5.54. The fourth-order valence-electron chi connectivity index (χ4n) is 2.51. The van der Waals surface area contributed by atoms with Gasteiger partial charge >= 0.3 is 5.97 Å². The van der Waals surface area contributed by atoms with Crippen LogP contribution in [0.25, 0.3) is 0 Å². The van der Waals surface area contributed by atoms with Gasteiger partial charge in [-0.05, 0) is 49.9 Å². The lowest BCUT2D eigenvalue weighted by Crippen LogP contribution is -2.14. The summed E-state index contributed by atoms with van der Waals surface area (Å²) in [6.45, 7) is 6.50. The molecule has 0 aliphatic carbocycles. The summed E-state index contributed by atoms with van der Waals surface area (Å²) in [6.07, 6.45) is 0.489. The third-order valence-corrected chi connectivity index (χ3v) is 3.76. The number of rotatable bonds is 6. The Morgan fingerprint density at radius 1 is 1.14 bits per heavy atom. The third kappa shape index (κ3) is 3.88. The molecule has 1 N–H and O–H groups in total. The molecule has 0 fully saturated rings. The van der Waals surface area contributed by atoms with Crippen molar-refractivity contribution in [3.63, 3.8) is 0 Å². The van der Waals surface area contributed by atoms with Gasteiger partial charge < -0.3 is 9.84 Å². The maximum absolute atomic E-state index is 11.7. The van der Waals surface area contributed by atoms with E-state index < -0.39 is 11.9 Å². The molecule has 0 aromatic heterocycles. The van der Waals surface area contributed by atoms with Crippen LogP contribution in [0.4, 0.5) is 0 Å². The van der Waals surface area contributed by atoms with E-state index in [0.717, 1.165) is 22.4 Å². The molecule has 2 aromatic carbocycles. The molecule has 0 saturated carbocycles. The zero-order chi connectivity index (χ0) is 16.1. The van der Waals surface area contributed by atoms with Crippen LogP contribution in [0.1, 0.15) is 35.1 Å². The van der Waals surface area contributed by atoms with Crippen molar-refractivity contribution in [1.29, 1.82) is 0 Å². The first-order chi connectivity index (χ1) is 10.5. The summed E-state index contributed by atoms with van der Waals surface area (Å²) >= 11 is 0. The Bertz CT molecular complexity index is 644. The lowest BCUT2D eigenvalue weighted by Gasteiger charge is -2.15. The van der Waals surface area contributed by atoms with E-state index in [1.807, 2.05) is 63.2 Å². The van der Waals surface area contributed by atoms with E-state index in [0.29, 0.717) is 13.0 Å². The molecular weight excluding hydrogens is 276 g/mol. The highest BCUT2D eigenvalue weighted by Crippen LogP contribution is 2.27. The van der Waals surface area contributed by atoms with E-state index in [-0.39, 0.29) is 0 Å². The number of aliphatic carboxylic acids is 1. The molecule has 0 heterocycles. The zero-order valence-electron chi connectivity index (χ0n) is 13.3. The largest absolute Gasteiger partial charge is 0.494 e. The summed E-state index contributed by atoms with van der Waals surface area (Å²) < 4.78 is 5.52. The summed E-state index contributed by atoms with van der Waals surface area (Å²) in [5, 5.41) is 9.57. The van der Waals surface area contributed by atoms with Crippen LogP contribution in [0.3, 0.4) is 0 Å². The monoisotopic (exact) mass is 298 g/mol. The van der Waals surface area contributed by atoms with Gasteiger partial charge in [0.25, 0.3) is 0 Å². The van der Waals surface area contributed by atoms with Gasteiger partial charge in [0, 0.05) is 0 Å². The van der Waals surface area contributed by atoms with Gasteiger partial charge in [-0.25, -0.2) is 0 Å². The van der Waals surface area contributed by atoms with E-state index in [1.54, 1.807) is 0 Å². The van der Waals surface area contributed by atoms with Gasteiger partial charge in [-0.15, -0.1) is 0 Å². The Hall–Kier alpha value is -2.29. The molecule has 0 spiro atoms. The highest BCUT2D eigenvalue weighted by atomic mass is 16.5. The molecule has 2 aromatic rings. The van der Waals surface area contributed by atoms with Gasteiger partial charge in [0.05, 0.1) is 12.5 Å². The van der Waals surface area contributed by atoms with E-state index in [4.69, 9.17) is 4.74 Å². The number of ether oxygens (including phenoxy) is 1. The van der Waals surface area contributed by atoms with Crippen LogP contribution < -0.4 is 4.74 Å². The van der Waals surface area contributed by atoms with Crippen molar-refractivity contribution in [3.05, 3.63) is 64.7 Å². The molecule has 1 unspecified atom stereocenters. The Labute approximate surface area is 131 Å². The third-order valence-electron chi connectivity index (χ3n) is 3.76. The molecule has 0 radical (unpaired) electrons. The normalized spacial score (nSPS) is 12.0. The second-order valence-corrected chi connectivity index (χ2v) is 5.54. The average Bonchev–Trinajstić information content (AvgIpc) is 2.48. The fraction of sp³-hybridized carbons (Fsp3) is 0.316. The highest BCUT2D eigenvalue weighted by Gasteiger charge is 2.21. The van der Waals surface area contributed by atoms with Crippen molar-refractivity contribution in [1.82, 2.24) is 0 Å². The molecule has 0 aliphatic rings. The number of carboxylic acid groups (broad SMARTS) is 1. The first-order valence-corrected chi connectivity index (χ1v) is 7.53. The molecule has 2 rings (SSSR count). The minimum absolute atomic E-state index is 0.489. The number of hydrogen-bond donors (Lipinski definition) is 1. The Kier molecular flexibility index (Phi) is 5.21. The maximum atomic E-state index is 11.7. The molecule has 0 aliphatic heterocycles. The number of benzene rings is 2. The van der Waals surface area contributed by atoms with Gasteiger partial charge in [0.15, 0.2) is 0 Å². The molecule has 0 bridgehead atoms. The smallest absolute Gasteiger partial charge is 0.311 e. The van der Waals surface area contributed by atoms with E-state index in [1.165, 1.54) is 5.56 Å². The van der Waals surface area contributed by atoms with Gasteiger partial charge in [-0.3, -0.25) is 4.79 Å². The Morgan fingerprint density at radius 3 is 2.36 bits per heavy atom. The SMILES string of the molecule is CCOc1ccc(C(Cc2ccc(C)cc2)C(=O)O)cc1C.